The second-order valence-corrected chi connectivity index (χ2v) is 4.47. The summed E-state index contributed by atoms with van der Waals surface area (Å²) in [5.41, 5.74) is 5.53. The Morgan fingerprint density at radius 3 is 2.42 bits per heavy atom. The maximum absolute atomic E-state index is 10.5. The van der Waals surface area contributed by atoms with E-state index in [0.29, 0.717) is 6.54 Å². The summed E-state index contributed by atoms with van der Waals surface area (Å²) < 4.78 is 29.5. The lowest BCUT2D eigenvalue weighted by Gasteiger charge is -2.13. The molecular formula is C6H16N2O3S. The maximum Gasteiger partial charge on any atom is 0.280 e. The second-order valence-electron chi connectivity index (χ2n) is 2.73. The van der Waals surface area contributed by atoms with Crippen LogP contribution in [0.4, 0.5) is 0 Å². The number of nitrogens with two attached hydrogens (primary N) is 1. The van der Waals surface area contributed by atoms with Gasteiger partial charge >= 0.3 is 0 Å². The van der Waals surface area contributed by atoms with Gasteiger partial charge in [0.05, 0.1) is 0 Å². The standard InChI is InChI=1S/C6H16N2O3S/c1-3-6(7)4-8-5(2)12(9,10)11/h5-6,8H,3-4,7H2,1-2H3,(H,9,10,11). The van der Waals surface area contributed by atoms with Crippen LogP contribution in [0.1, 0.15) is 20.3 Å². The van der Waals surface area contributed by atoms with Crippen LogP contribution < -0.4 is 11.1 Å². The monoisotopic (exact) mass is 196 g/mol. The molecule has 2 unspecified atom stereocenters. The van der Waals surface area contributed by atoms with Gasteiger partial charge in [-0.25, -0.2) is 0 Å². The predicted octanol–water partition coefficient (Wildman–Crippen LogP) is -0.453. The molecule has 0 aliphatic carbocycles. The molecule has 5 nitrogen and oxygen atoms in total. The van der Waals surface area contributed by atoms with E-state index in [1.807, 2.05) is 6.92 Å². The summed E-state index contributed by atoms with van der Waals surface area (Å²) in [5, 5.41) is 1.66. The first-order chi connectivity index (χ1) is 5.38. The van der Waals surface area contributed by atoms with Gasteiger partial charge in [-0.15, -0.1) is 0 Å². The third kappa shape index (κ3) is 4.66. The zero-order chi connectivity index (χ0) is 9.78. The average Bonchev–Trinajstić information content (AvgIpc) is 1.97. The molecule has 0 bridgehead atoms. The highest BCUT2D eigenvalue weighted by atomic mass is 32.2. The Morgan fingerprint density at radius 2 is 2.08 bits per heavy atom. The van der Waals surface area contributed by atoms with Crippen molar-refractivity contribution < 1.29 is 13.0 Å². The molecule has 2 atom stereocenters. The molecule has 0 heterocycles. The van der Waals surface area contributed by atoms with E-state index in [-0.39, 0.29) is 6.04 Å². The van der Waals surface area contributed by atoms with E-state index in [2.05, 4.69) is 5.32 Å². The van der Waals surface area contributed by atoms with Gasteiger partial charge in [0.1, 0.15) is 5.37 Å². The van der Waals surface area contributed by atoms with Gasteiger partial charge in [0, 0.05) is 12.6 Å². The second kappa shape index (κ2) is 4.76. The quantitative estimate of drug-likeness (QED) is 0.518. The fourth-order valence-corrected chi connectivity index (χ4v) is 0.874. The molecule has 6 heteroatoms. The Bertz CT molecular complexity index is 215. The molecule has 0 radical (unpaired) electrons. The number of rotatable bonds is 5. The van der Waals surface area contributed by atoms with Crippen molar-refractivity contribution in [2.75, 3.05) is 6.54 Å². The Balaban J connectivity index is 3.80. The zero-order valence-electron chi connectivity index (χ0n) is 7.32. The van der Waals surface area contributed by atoms with Gasteiger partial charge in [0.2, 0.25) is 0 Å². The predicted molar refractivity (Wildman–Crippen MR) is 47.3 cm³/mol. The van der Waals surface area contributed by atoms with Gasteiger partial charge in [-0.05, 0) is 13.3 Å². The van der Waals surface area contributed by atoms with E-state index in [4.69, 9.17) is 10.3 Å². The number of hydrogen-bond acceptors (Lipinski definition) is 4. The summed E-state index contributed by atoms with van der Waals surface area (Å²) in [6, 6.07) is -0.0748. The molecule has 0 aromatic heterocycles. The zero-order valence-corrected chi connectivity index (χ0v) is 8.13. The summed E-state index contributed by atoms with van der Waals surface area (Å²) in [7, 11) is -3.97. The van der Waals surface area contributed by atoms with E-state index in [9.17, 15) is 8.42 Å². The van der Waals surface area contributed by atoms with E-state index in [1.54, 1.807) is 0 Å². The third-order valence-corrected chi connectivity index (χ3v) is 2.70. The largest absolute Gasteiger partial charge is 0.327 e. The Hall–Kier alpha value is -0.170. The molecule has 0 amide bonds. The molecule has 0 saturated carbocycles. The van der Waals surface area contributed by atoms with Gasteiger partial charge in [-0.3, -0.25) is 9.87 Å². The van der Waals surface area contributed by atoms with E-state index >= 15 is 0 Å². The van der Waals surface area contributed by atoms with Gasteiger partial charge in [-0.2, -0.15) is 8.42 Å². The lowest BCUT2D eigenvalue weighted by molar-refractivity contribution is 0.449. The minimum absolute atomic E-state index is 0.0748. The van der Waals surface area contributed by atoms with Crippen LogP contribution in [-0.4, -0.2) is 30.9 Å². The highest BCUT2D eigenvalue weighted by Crippen LogP contribution is 1.93. The average molecular weight is 196 g/mol. The normalized spacial score (nSPS) is 17.3. The minimum atomic E-state index is -3.97. The van der Waals surface area contributed by atoms with Crippen LogP contribution in [0.15, 0.2) is 0 Å². The first-order valence-corrected chi connectivity index (χ1v) is 5.33. The third-order valence-electron chi connectivity index (χ3n) is 1.64. The first kappa shape index (κ1) is 11.8. The summed E-state index contributed by atoms with van der Waals surface area (Å²) in [6.07, 6.45) is 0.769. The molecular weight excluding hydrogens is 180 g/mol. The smallest absolute Gasteiger partial charge is 0.280 e. The van der Waals surface area contributed by atoms with Gasteiger partial charge in [0.15, 0.2) is 0 Å². The number of nitrogens with one attached hydrogen (secondary N) is 1. The van der Waals surface area contributed by atoms with E-state index < -0.39 is 15.5 Å². The van der Waals surface area contributed by atoms with Crippen molar-refractivity contribution in [1.82, 2.24) is 5.32 Å². The van der Waals surface area contributed by atoms with E-state index in [1.165, 1.54) is 6.92 Å². The molecule has 0 aromatic carbocycles. The molecule has 12 heavy (non-hydrogen) atoms. The molecule has 0 saturated heterocycles. The van der Waals surface area contributed by atoms with Crippen LogP contribution in [-0.2, 0) is 10.1 Å². The summed E-state index contributed by atoms with van der Waals surface area (Å²) >= 11 is 0. The van der Waals surface area contributed by atoms with Crippen molar-refractivity contribution in [3.63, 3.8) is 0 Å². The highest BCUT2D eigenvalue weighted by molar-refractivity contribution is 7.86. The molecule has 0 fully saturated rings. The summed E-state index contributed by atoms with van der Waals surface area (Å²) in [5.74, 6) is 0. The molecule has 4 N–H and O–H groups in total. The first-order valence-electron chi connectivity index (χ1n) is 3.83. The van der Waals surface area contributed by atoms with Crippen LogP contribution in [0.5, 0.6) is 0 Å². The molecule has 74 valence electrons. The van der Waals surface area contributed by atoms with Gasteiger partial charge in [-0.1, -0.05) is 6.92 Å². The molecule has 0 rings (SSSR count). The van der Waals surface area contributed by atoms with Crippen molar-refractivity contribution in [2.24, 2.45) is 5.73 Å². The lowest BCUT2D eigenvalue weighted by atomic mass is 10.2. The van der Waals surface area contributed by atoms with Crippen molar-refractivity contribution in [2.45, 2.75) is 31.7 Å². The summed E-state index contributed by atoms with van der Waals surface area (Å²) in [6.45, 7) is 3.67. The van der Waals surface area contributed by atoms with Crippen LogP contribution in [0.2, 0.25) is 0 Å². The van der Waals surface area contributed by atoms with Crippen LogP contribution in [0.3, 0.4) is 0 Å². The molecule has 0 aromatic rings. The fourth-order valence-electron chi connectivity index (χ4n) is 0.567. The molecule has 0 aliphatic heterocycles. The van der Waals surface area contributed by atoms with Gasteiger partial charge < -0.3 is 5.73 Å². The number of hydrogen-bond donors (Lipinski definition) is 3. The SMILES string of the molecule is CCC(N)CNC(C)S(=O)(=O)O. The fraction of sp³-hybridized carbons (Fsp3) is 1.00. The Morgan fingerprint density at radius 1 is 1.58 bits per heavy atom. The van der Waals surface area contributed by atoms with E-state index in [0.717, 1.165) is 6.42 Å². The van der Waals surface area contributed by atoms with Crippen molar-refractivity contribution in [3.05, 3.63) is 0 Å². The maximum atomic E-state index is 10.5. The molecule has 0 spiro atoms. The Labute approximate surface area is 73.1 Å². The lowest BCUT2D eigenvalue weighted by Crippen LogP contribution is -2.41. The highest BCUT2D eigenvalue weighted by Gasteiger charge is 2.16. The minimum Gasteiger partial charge on any atom is -0.327 e. The van der Waals surface area contributed by atoms with Gasteiger partial charge in [0.25, 0.3) is 10.1 Å². The van der Waals surface area contributed by atoms with Crippen molar-refractivity contribution in [3.8, 4) is 0 Å². The van der Waals surface area contributed by atoms with Crippen LogP contribution in [0, 0.1) is 0 Å². The van der Waals surface area contributed by atoms with Crippen LogP contribution in [0.25, 0.3) is 0 Å². The van der Waals surface area contributed by atoms with Crippen molar-refractivity contribution >= 4 is 10.1 Å². The summed E-state index contributed by atoms with van der Waals surface area (Å²) in [4.78, 5) is 0. The van der Waals surface area contributed by atoms with Crippen LogP contribution >= 0.6 is 0 Å². The van der Waals surface area contributed by atoms with Crippen molar-refractivity contribution in [1.29, 1.82) is 0 Å². The molecule has 0 aliphatic rings. The topological polar surface area (TPSA) is 92.4 Å². The Kier molecular flexibility index (Phi) is 4.69.